The fraction of sp³-hybridized carbons (Fsp3) is 0.636. The predicted molar refractivity (Wildman–Crippen MR) is 59.7 cm³/mol. The lowest BCUT2D eigenvalue weighted by Crippen LogP contribution is -2.38. The molecule has 1 N–H and O–H groups in total. The quantitative estimate of drug-likeness (QED) is 0.806. The Bertz CT molecular complexity index is 273. The largest absolute Gasteiger partial charge is 0.396 e. The van der Waals surface area contributed by atoms with E-state index >= 15 is 0 Å². The number of rotatable bonds is 2. The minimum absolute atomic E-state index is 0.312. The average Bonchev–Trinajstić information content (AvgIpc) is 2.70. The van der Waals surface area contributed by atoms with E-state index in [1.54, 1.807) is 0 Å². The normalized spacial score (nSPS) is 29.3. The molecule has 78 valence electrons. The Morgan fingerprint density at radius 1 is 1.64 bits per heavy atom. The van der Waals surface area contributed by atoms with Gasteiger partial charge in [-0.2, -0.15) is 0 Å². The Morgan fingerprint density at radius 3 is 3.14 bits per heavy atom. The molecule has 3 heteroatoms. The van der Waals surface area contributed by atoms with E-state index in [9.17, 15) is 5.11 Å². The molecule has 1 saturated heterocycles. The van der Waals surface area contributed by atoms with E-state index in [1.807, 2.05) is 11.3 Å². The highest BCUT2D eigenvalue weighted by Crippen LogP contribution is 2.34. The zero-order valence-electron chi connectivity index (χ0n) is 8.52. The molecule has 2 nitrogen and oxygen atoms in total. The highest BCUT2D eigenvalue weighted by Gasteiger charge is 2.28. The third-order valence-corrected chi connectivity index (χ3v) is 4.08. The molecule has 0 aromatic carbocycles. The lowest BCUT2D eigenvalue weighted by Gasteiger charge is -2.35. The minimum atomic E-state index is 0.312. The first-order valence-corrected chi connectivity index (χ1v) is 6.02. The van der Waals surface area contributed by atoms with Crippen molar-refractivity contribution in [3.8, 4) is 0 Å². The number of likely N-dealkylation sites (tertiary alicyclic amines) is 1. The topological polar surface area (TPSA) is 23.5 Å². The van der Waals surface area contributed by atoms with Crippen LogP contribution in [-0.2, 0) is 0 Å². The Kier molecular flexibility index (Phi) is 3.21. The maximum absolute atomic E-state index is 9.36. The van der Waals surface area contributed by atoms with Gasteiger partial charge in [-0.25, -0.2) is 0 Å². The monoisotopic (exact) mass is 211 g/mol. The molecule has 1 aromatic rings. The molecule has 1 fully saturated rings. The van der Waals surface area contributed by atoms with Gasteiger partial charge in [0.25, 0.3) is 0 Å². The summed E-state index contributed by atoms with van der Waals surface area (Å²) in [7, 11) is 2.13. The van der Waals surface area contributed by atoms with Crippen LogP contribution in [0.1, 0.15) is 17.2 Å². The highest BCUT2D eigenvalue weighted by atomic mass is 32.1. The summed E-state index contributed by atoms with van der Waals surface area (Å²) in [5.41, 5.74) is 0. The fourth-order valence-electron chi connectivity index (χ4n) is 2.28. The number of aliphatic hydroxyl groups excluding tert-OH is 1. The van der Waals surface area contributed by atoms with Crippen molar-refractivity contribution in [2.75, 3.05) is 26.7 Å². The molecule has 2 rings (SSSR count). The maximum Gasteiger partial charge on any atom is 0.0477 e. The first-order valence-electron chi connectivity index (χ1n) is 5.14. The molecule has 2 unspecified atom stereocenters. The number of nitrogens with zero attached hydrogens (tertiary/aromatic N) is 1. The third-order valence-electron chi connectivity index (χ3n) is 3.08. The molecule has 0 aliphatic carbocycles. The molecule has 0 bridgehead atoms. The molecular formula is C11H17NOS. The summed E-state index contributed by atoms with van der Waals surface area (Å²) in [6.07, 6.45) is 1.18. The first kappa shape index (κ1) is 10.1. The zero-order valence-corrected chi connectivity index (χ0v) is 9.33. The molecule has 2 atom stereocenters. The molecule has 1 aliphatic rings. The van der Waals surface area contributed by atoms with Gasteiger partial charge >= 0.3 is 0 Å². The van der Waals surface area contributed by atoms with Crippen LogP contribution in [-0.4, -0.2) is 36.8 Å². The van der Waals surface area contributed by atoms with Crippen molar-refractivity contribution in [1.82, 2.24) is 4.90 Å². The van der Waals surface area contributed by atoms with Crippen molar-refractivity contribution < 1.29 is 5.11 Å². The van der Waals surface area contributed by atoms with Gasteiger partial charge in [0.15, 0.2) is 0 Å². The lowest BCUT2D eigenvalue weighted by atomic mass is 9.85. The molecule has 2 heterocycles. The van der Waals surface area contributed by atoms with Crippen LogP contribution in [0.15, 0.2) is 17.5 Å². The Labute approximate surface area is 89.2 Å². The molecule has 0 spiro atoms. The molecule has 1 aromatic heterocycles. The van der Waals surface area contributed by atoms with E-state index in [-0.39, 0.29) is 0 Å². The van der Waals surface area contributed by atoms with Gasteiger partial charge in [0, 0.05) is 29.9 Å². The van der Waals surface area contributed by atoms with Gasteiger partial charge in [0.1, 0.15) is 0 Å². The summed E-state index contributed by atoms with van der Waals surface area (Å²) < 4.78 is 0. The second kappa shape index (κ2) is 4.43. The molecule has 1 aliphatic heterocycles. The number of aliphatic hydroxyl groups is 1. The van der Waals surface area contributed by atoms with Crippen LogP contribution < -0.4 is 0 Å². The SMILES string of the molecule is CN1CCC(c2cccs2)C(CO)C1. The van der Waals surface area contributed by atoms with Crippen LogP contribution in [0.5, 0.6) is 0 Å². The molecule has 0 saturated carbocycles. The Morgan fingerprint density at radius 2 is 2.50 bits per heavy atom. The van der Waals surface area contributed by atoms with Crippen LogP contribution in [0.4, 0.5) is 0 Å². The van der Waals surface area contributed by atoms with Crippen molar-refractivity contribution in [2.45, 2.75) is 12.3 Å². The van der Waals surface area contributed by atoms with Crippen molar-refractivity contribution in [1.29, 1.82) is 0 Å². The average molecular weight is 211 g/mol. The zero-order chi connectivity index (χ0) is 9.97. The smallest absolute Gasteiger partial charge is 0.0477 e. The molecular weight excluding hydrogens is 194 g/mol. The first-order chi connectivity index (χ1) is 6.81. The number of hydrogen-bond acceptors (Lipinski definition) is 3. The van der Waals surface area contributed by atoms with E-state index in [4.69, 9.17) is 0 Å². The third kappa shape index (κ3) is 2.00. The van der Waals surface area contributed by atoms with Crippen LogP contribution in [0.2, 0.25) is 0 Å². The van der Waals surface area contributed by atoms with Crippen molar-refractivity contribution in [2.24, 2.45) is 5.92 Å². The number of thiophene rings is 1. The van der Waals surface area contributed by atoms with Crippen molar-refractivity contribution >= 4 is 11.3 Å². The van der Waals surface area contributed by atoms with Crippen LogP contribution in [0.25, 0.3) is 0 Å². The second-order valence-electron chi connectivity index (χ2n) is 4.12. The summed E-state index contributed by atoms with van der Waals surface area (Å²) in [5.74, 6) is 1.00. The summed E-state index contributed by atoms with van der Waals surface area (Å²) in [4.78, 5) is 3.75. The van der Waals surface area contributed by atoms with Gasteiger partial charge in [0.2, 0.25) is 0 Å². The summed E-state index contributed by atoms with van der Waals surface area (Å²) in [5, 5.41) is 11.5. The Balaban J connectivity index is 2.10. The van der Waals surface area contributed by atoms with E-state index in [1.165, 1.54) is 11.3 Å². The number of piperidine rings is 1. The van der Waals surface area contributed by atoms with Gasteiger partial charge < -0.3 is 10.0 Å². The van der Waals surface area contributed by atoms with Crippen molar-refractivity contribution in [3.63, 3.8) is 0 Å². The molecule has 0 radical (unpaired) electrons. The van der Waals surface area contributed by atoms with Crippen LogP contribution >= 0.6 is 11.3 Å². The van der Waals surface area contributed by atoms with Crippen LogP contribution in [0, 0.1) is 5.92 Å². The fourth-order valence-corrected chi connectivity index (χ4v) is 3.23. The summed E-state index contributed by atoms with van der Waals surface area (Å²) >= 11 is 1.82. The van der Waals surface area contributed by atoms with Gasteiger partial charge in [-0.05, 0) is 31.5 Å². The van der Waals surface area contributed by atoms with E-state index < -0.39 is 0 Å². The highest BCUT2D eigenvalue weighted by molar-refractivity contribution is 7.10. The minimum Gasteiger partial charge on any atom is -0.396 e. The summed E-state index contributed by atoms with van der Waals surface area (Å²) in [6, 6.07) is 4.30. The maximum atomic E-state index is 9.36. The number of hydrogen-bond donors (Lipinski definition) is 1. The summed E-state index contributed by atoms with van der Waals surface area (Å²) in [6.45, 7) is 2.49. The van der Waals surface area contributed by atoms with Gasteiger partial charge in [0.05, 0.1) is 0 Å². The molecule has 0 amide bonds. The Hall–Kier alpha value is -0.380. The lowest BCUT2D eigenvalue weighted by molar-refractivity contribution is 0.120. The van der Waals surface area contributed by atoms with Crippen LogP contribution in [0.3, 0.4) is 0 Å². The molecule has 14 heavy (non-hydrogen) atoms. The van der Waals surface area contributed by atoms with E-state index in [0.29, 0.717) is 18.4 Å². The predicted octanol–water partition coefficient (Wildman–Crippen LogP) is 1.78. The van der Waals surface area contributed by atoms with Gasteiger partial charge in [-0.1, -0.05) is 6.07 Å². The van der Waals surface area contributed by atoms with E-state index in [0.717, 1.165) is 13.1 Å². The van der Waals surface area contributed by atoms with Gasteiger partial charge in [-0.3, -0.25) is 0 Å². The van der Waals surface area contributed by atoms with Crippen molar-refractivity contribution in [3.05, 3.63) is 22.4 Å². The van der Waals surface area contributed by atoms with E-state index in [2.05, 4.69) is 29.5 Å². The van der Waals surface area contributed by atoms with Gasteiger partial charge in [-0.15, -0.1) is 11.3 Å². The second-order valence-corrected chi connectivity index (χ2v) is 5.09. The standard InChI is InChI=1S/C11H17NOS/c1-12-5-4-10(9(7-12)8-13)11-3-2-6-14-11/h2-3,6,9-10,13H,4-5,7-8H2,1H3.